The average molecular weight is 310 g/mol. The molecule has 0 spiro atoms. The Hall–Kier alpha value is -0.0100. The summed E-state index contributed by atoms with van der Waals surface area (Å²) in [6.07, 6.45) is 3.26. The minimum Gasteiger partial charge on any atom is -0.223 e. The Kier molecular flexibility index (Phi) is 11.3. The van der Waals surface area contributed by atoms with Crippen molar-refractivity contribution in [2.75, 3.05) is 6.26 Å². The van der Waals surface area contributed by atoms with E-state index in [0.29, 0.717) is 6.26 Å². The van der Waals surface area contributed by atoms with Crippen LogP contribution in [-0.4, -0.2) is 30.1 Å². The Morgan fingerprint density at radius 3 is 1.47 bits per heavy atom. The van der Waals surface area contributed by atoms with Gasteiger partial charge in [-0.2, -0.15) is 0 Å². The number of sulfone groups is 1. The molecule has 0 aliphatic heterocycles. The maximum absolute atomic E-state index is 10.7. The third-order valence-corrected chi connectivity index (χ3v) is 3.12. The molecule has 0 aliphatic rings. The predicted molar refractivity (Wildman–Crippen MR) is 61.0 cm³/mol. The Morgan fingerprint density at radius 1 is 1.06 bits per heavy atom. The zero-order valence-corrected chi connectivity index (χ0v) is 12.2. The molecule has 102 valence electrons. The highest BCUT2D eigenvalue weighted by Crippen LogP contribution is 2.28. The molecule has 0 amide bonds. The fourth-order valence-corrected chi connectivity index (χ4v) is 2.46. The predicted octanol–water partition coefficient (Wildman–Crippen LogP) is 1.45. The fourth-order valence-electron chi connectivity index (χ4n) is 0.323. The molecule has 0 saturated carbocycles. The molecule has 0 radical (unpaired) electrons. The Labute approximate surface area is 102 Å². The Balaban J connectivity index is 0. The van der Waals surface area contributed by atoms with E-state index in [-0.39, 0.29) is 0 Å². The van der Waals surface area contributed by atoms with Crippen molar-refractivity contribution in [1.82, 2.24) is 0 Å². The molecular formula is C6H16O8P2S+2. The van der Waals surface area contributed by atoms with Crippen molar-refractivity contribution < 1.29 is 36.4 Å². The van der Waals surface area contributed by atoms with E-state index in [2.05, 4.69) is 22.9 Å². The smallest absolute Gasteiger partial charge is 0.223 e. The molecule has 2 unspecified atom stereocenters. The van der Waals surface area contributed by atoms with Gasteiger partial charge < -0.3 is 0 Å². The van der Waals surface area contributed by atoms with Gasteiger partial charge in [-0.15, -0.1) is 9.79 Å². The van der Waals surface area contributed by atoms with E-state index < -0.39 is 32.0 Å². The van der Waals surface area contributed by atoms with Gasteiger partial charge in [0.1, 0.15) is 0 Å². The number of rotatable bonds is 6. The van der Waals surface area contributed by atoms with Gasteiger partial charge in [-0.25, -0.2) is 8.42 Å². The normalized spacial score (nSPS) is 14.4. The number of unbranched alkanes of at least 4 members (excludes halogenated alkanes) is 1. The summed E-state index contributed by atoms with van der Waals surface area (Å²) >= 11 is 0. The van der Waals surface area contributed by atoms with Gasteiger partial charge in [-0.3, -0.25) is 0 Å². The third kappa shape index (κ3) is 13.9. The first kappa shape index (κ1) is 19.3. The first-order valence-electron chi connectivity index (χ1n) is 4.49. The van der Waals surface area contributed by atoms with Gasteiger partial charge in [-0.05, 0) is 0 Å². The lowest BCUT2D eigenvalue weighted by Gasteiger charge is -1.97. The van der Waals surface area contributed by atoms with E-state index in [1.807, 2.05) is 0 Å². The molecule has 8 nitrogen and oxygen atoms in total. The molecule has 0 aromatic rings. The molecular weight excluding hydrogens is 294 g/mol. The molecule has 0 rings (SSSR count). The van der Waals surface area contributed by atoms with Crippen LogP contribution in [0.25, 0.3) is 0 Å². The first-order valence-corrected chi connectivity index (χ1v) is 8.71. The van der Waals surface area contributed by atoms with Gasteiger partial charge in [0.05, 0.1) is 0 Å². The van der Waals surface area contributed by atoms with Crippen molar-refractivity contribution >= 4 is 26.3 Å². The zero-order chi connectivity index (χ0) is 14.1. The molecule has 11 heteroatoms. The summed E-state index contributed by atoms with van der Waals surface area (Å²) in [6, 6.07) is 0. The third-order valence-electron chi connectivity index (χ3n) is 1.20. The van der Waals surface area contributed by atoms with E-state index >= 15 is 0 Å². The highest BCUT2D eigenvalue weighted by atomic mass is 32.2. The highest BCUT2D eigenvalue weighted by molar-refractivity contribution is 7.91. The largest absolute Gasteiger partial charge is 0.698 e. The van der Waals surface area contributed by atoms with Gasteiger partial charge in [0, 0.05) is 15.4 Å². The van der Waals surface area contributed by atoms with Crippen LogP contribution in [-0.2, 0) is 28.0 Å². The van der Waals surface area contributed by atoms with E-state index in [9.17, 15) is 17.5 Å². The quantitative estimate of drug-likeness (QED) is 0.557. The molecule has 0 bridgehead atoms. The molecule has 0 aliphatic carbocycles. The molecule has 0 saturated heterocycles. The highest BCUT2D eigenvalue weighted by Gasteiger charge is 2.40. The van der Waals surface area contributed by atoms with Gasteiger partial charge >= 0.3 is 22.1 Å². The van der Waals surface area contributed by atoms with Crippen LogP contribution < -0.4 is 0 Å². The topological polar surface area (TPSA) is 127 Å². The van der Waals surface area contributed by atoms with Crippen molar-refractivity contribution in [2.24, 2.45) is 0 Å². The SMILES string of the molecule is CCCC.CS(=O)(=O)C(O[P+](=O)O)O[P+](=O)O. The van der Waals surface area contributed by atoms with Crippen LogP contribution in [0.5, 0.6) is 0 Å². The second-order valence-electron chi connectivity index (χ2n) is 2.80. The van der Waals surface area contributed by atoms with Crippen LogP contribution in [0.1, 0.15) is 26.7 Å². The Bertz CT molecular complexity index is 322. The van der Waals surface area contributed by atoms with Crippen molar-refractivity contribution in [1.29, 1.82) is 0 Å². The van der Waals surface area contributed by atoms with Crippen LogP contribution in [0.4, 0.5) is 0 Å². The summed E-state index contributed by atoms with van der Waals surface area (Å²) < 4.78 is 49.1. The van der Waals surface area contributed by atoms with Crippen molar-refractivity contribution in [3.8, 4) is 0 Å². The van der Waals surface area contributed by atoms with E-state index in [4.69, 9.17) is 9.79 Å². The van der Waals surface area contributed by atoms with Crippen molar-refractivity contribution in [3.05, 3.63) is 0 Å². The number of hydrogen-bond donors (Lipinski definition) is 2. The van der Waals surface area contributed by atoms with Crippen LogP contribution >= 0.6 is 16.5 Å². The second kappa shape index (κ2) is 9.96. The molecule has 2 N–H and O–H groups in total. The van der Waals surface area contributed by atoms with Gasteiger partial charge in [0.2, 0.25) is 9.84 Å². The van der Waals surface area contributed by atoms with Gasteiger partial charge in [0.15, 0.2) is 0 Å². The summed E-state index contributed by atoms with van der Waals surface area (Å²) in [4.78, 5) is 16.3. The fraction of sp³-hybridized carbons (Fsp3) is 1.00. The minimum absolute atomic E-state index is 0.620. The average Bonchev–Trinajstić information content (AvgIpc) is 2.14. The zero-order valence-electron chi connectivity index (χ0n) is 9.64. The summed E-state index contributed by atoms with van der Waals surface area (Å²) in [7, 11) is -10.4. The standard InChI is InChI=1S/C4H10.C2H4O8P2S/c1-3-4-2;1-13(7,8)2(9-11(3)4)10-12(5)6/h3-4H2,1-2H3;2H,1H3/p+2. The first-order chi connectivity index (χ1) is 7.65. The van der Waals surface area contributed by atoms with E-state index in [0.717, 1.165) is 0 Å². The second-order valence-corrected chi connectivity index (χ2v) is 6.22. The lowest BCUT2D eigenvalue weighted by atomic mass is 10.4. The monoisotopic (exact) mass is 310 g/mol. The van der Waals surface area contributed by atoms with Crippen LogP contribution in [0.2, 0.25) is 0 Å². The van der Waals surface area contributed by atoms with Gasteiger partial charge in [-0.1, -0.05) is 35.7 Å². The van der Waals surface area contributed by atoms with Crippen LogP contribution in [0, 0.1) is 0 Å². The molecule has 2 atom stereocenters. The van der Waals surface area contributed by atoms with Crippen molar-refractivity contribution in [3.63, 3.8) is 0 Å². The summed E-state index contributed by atoms with van der Waals surface area (Å²) in [5.41, 5.74) is -2.21. The molecule has 0 fully saturated rings. The lowest BCUT2D eigenvalue weighted by molar-refractivity contribution is 0.0689. The van der Waals surface area contributed by atoms with Gasteiger partial charge in [0.25, 0.3) is 0 Å². The molecule has 17 heavy (non-hydrogen) atoms. The maximum Gasteiger partial charge on any atom is 0.698 e. The molecule has 0 aromatic carbocycles. The minimum atomic E-state index is -3.99. The van der Waals surface area contributed by atoms with E-state index in [1.165, 1.54) is 12.8 Å². The van der Waals surface area contributed by atoms with Crippen LogP contribution in [0.15, 0.2) is 0 Å². The number of hydrogen-bond acceptors (Lipinski definition) is 6. The Morgan fingerprint density at radius 2 is 1.35 bits per heavy atom. The summed E-state index contributed by atoms with van der Waals surface area (Å²) in [6.45, 7) is 4.36. The van der Waals surface area contributed by atoms with Crippen LogP contribution in [0.3, 0.4) is 0 Å². The summed E-state index contributed by atoms with van der Waals surface area (Å²) in [5.74, 6) is 0. The molecule has 0 aromatic heterocycles. The lowest BCUT2D eigenvalue weighted by Crippen LogP contribution is -2.21. The van der Waals surface area contributed by atoms with E-state index in [1.54, 1.807) is 0 Å². The maximum atomic E-state index is 10.7. The van der Waals surface area contributed by atoms with Crippen molar-refractivity contribution in [2.45, 2.75) is 32.3 Å². The summed E-state index contributed by atoms with van der Waals surface area (Å²) in [5, 5.41) is 0. The molecule has 0 heterocycles.